The highest BCUT2D eigenvalue weighted by Crippen LogP contribution is 2.28. The van der Waals surface area contributed by atoms with Crippen molar-refractivity contribution in [2.24, 2.45) is 0 Å². The van der Waals surface area contributed by atoms with Gasteiger partial charge in [0.05, 0.1) is 16.3 Å². The van der Waals surface area contributed by atoms with Gasteiger partial charge in [0, 0.05) is 31.4 Å². The third-order valence-electron chi connectivity index (χ3n) is 4.26. The SMILES string of the molecule is CNN(C)C(=O)c1cc(Cl)cc(C)c1NC(=O)c1cc(Br)nn1-c1ncccc1Cl. The molecule has 0 saturated heterocycles. The van der Waals surface area contributed by atoms with Crippen molar-refractivity contribution in [2.75, 3.05) is 19.4 Å². The van der Waals surface area contributed by atoms with Gasteiger partial charge in [0.15, 0.2) is 5.82 Å². The maximum Gasteiger partial charge on any atom is 0.274 e. The van der Waals surface area contributed by atoms with E-state index in [2.05, 4.69) is 36.8 Å². The van der Waals surface area contributed by atoms with Gasteiger partial charge in [-0.1, -0.05) is 23.2 Å². The Labute approximate surface area is 191 Å². The molecule has 30 heavy (non-hydrogen) atoms. The number of pyridine rings is 1. The van der Waals surface area contributed by atoms with Crippen molar-refractivity contribution in [1.82, 2.24) is 25.2 Å². The molecule has 2 heterocycles. The Hall–Kier alpha value is -2.46. The summed E-state index contributed by atoms with van der Waals surface area (Å²) < 4.78 is 1.75. The van der Waals surface area contributed by atoms with Crippen LogP contribution >= 0.6 is 39.1 Å². The summed E-state index contributed by atoms with van der Waals surface area (Å²) in [5, 5.41) is 9.06. The lowest BCUT2D eigenvalue weighted by Gasteiger charge is -2.19. The highest BCUT2D eigenvalue weighted by Gasteiger charge is 2.23. The zero-order valence-corrected chi connectivity index (χ0v) is 19.3. The third kappa shape index (κ3) is 4.49. The highest BCUT2D eigenvalue weighted by atomic mass is 79.9. The Morgan fingerprint density at radius 1 is 1.23 bits per heavy atom. The first-order valence-corrected chi connectivity index (χ1v) is 10.2. The summed E-state index contributed by atoms with van der Waals surface area (Å²) in [5.41, 5.74) is 4.13. The van der Waals surface area contributed by atoms with Crippen molar-refractivity contribution in [3.8, 4) is 5.82 Å². The number of halogens is 3. The third-order valence-corrected chi connectivity index (χ3v) is 5.16. The van der Waals surface area contributed by atoms with Crippen LogP contribution in [-0.2, 0) is 0 Å². The van der Waals surface area contributed by atoms with Crippen LogP contribution in [-0.4, -0.2) is 45.7 Å². The molecule has 0 bridgehead atoms. The van der Waals surface area contributed by atoms with Crippen LogP contribution < -0.4 is 10.7 Å². The van der Waals surface area contributed by atoms with Crippen molar-refractivity contribution in [3.63, 3.8) is 0 Å². The molecule has 1 aromatic carbocycles. The fourth-order valence-corrected chi connectivity index (χ4v) is 3.60. The molecule has 0 aliphatic heterocycles. The lowest BCUT2D eigenvalue weighted by atomic mass is 10.1. The van der Waals surface area contributed by atoms with E-state index in [4.69, 9.17) is 23.2 Å². The minimum Gasteiger partial charge on any atom is -0.320 e. The molecule has 2 N–H and O–H groups in total. The van der Waals surface area contributed by atoms with E-state index in [-0.39, 0.29) is 17.2 Å². The number of amides is 2. The first-order valence-electron chi connectivity index (χ1n) is 8.66. The molecule has 156 valence electrons. The summed E-state index contributed by atoms with van der Waals surface area (Å²) in [4.78, 5) is 30.1. The van der Waals surface area contributed by atoms with Gasteiger partial charge in [0.2, 0.25) is 0 Å². The number of aryl methyl sites for hydroxylation is 1. The van der Waals surface area contributed by atoms with E-state index in [1.807, 2.05) is 0 Å². The average molecular weight is 512 g/mol. The number of hydrogen-bond acceptors (Lipinski definition) is 5. The van der Waals surface area contributed by atoms with Crippen LogP contribution in [0.4, 0.5) is 5.69 Å². The molecule has 0 aliphatic carbocycles. The molecule has 2 amide bonds. The first-order chi connectivity index (χ1) is 14.2. The highest BCUT2D eigenvalue weighted by molar-refractivity contribution is 9.10. The predicted molar refractivity (Wildman–Crippen MR) is 119 cm³/mol. The minimum absolute atomic E-state index is 0.178. The molecule has 3 rings (SSSR count). The van der Waals surface area contributed by atoms with E-state index in [0.29, 0.717) is 31.7 Å². The van der Waals surface area contributed by atoms with Crippen molar-refractivity contribution in [1.29, 1.82) is 0 Å². The van der Waals surface area contributed by atoms with E-state index in [0.717, 1.165) is 0 Å². The van der Waals surface area contributed by atoms with Crippen molar-refractivity contribution in [3.05, 3.63) is 68.0 Å². The molecule has 0 spiro atoms. The molecule has 2 aromatic heterocycles. The molecule has 3 aromatic rings. The monoisotopic (exact) mass is 510 g/mol. The predicted octanol–water partition coefficient (Wildman–Crippen LogP) is 4.10. The van der Waals surface area contributed by atoms with Gasteiger partial charge in [-0.2, -0.15) is 5.10 Å². The second-order valence-corrected chi connectivity index (χ2v) is 7.92. The summed E-state index contributed by atoms with van der Waals surface area (Å²) in [6.07, 6.45) is 1.55. The quantitative estimate of drug-likeness (QED) is 0.503. The van der Waals surface area contributed by atoms with Gasteiger partial charge in [0.25, 0.3) is 11.8 Å². The molecule has 0 atom stereocenters. The van der Waals surface area contributed by atoms with E-state index in [1.165, 1.54) is 21.8 Å². The second-order valence-electron chi connectivity index (χ2n) is 6.26. The van der Waals surface area contributed by atoms with Crippen molar-refractivity contribution < 1.29 is 9.59 Å². The number of anilines is 1. The van der Waals surface area contributed by atoms with Crippen LogP contribution in [0.15, 0.2) is 41.1 Å². The molecule has 11 heteroatoms. The lowest BCUT2D eigenvalue weighted by Crippen LogP contribution is -2.37. The van der Waals surface area contributed by atoms with Crippen LogP contribution in [0.2, 0.25) is 10.0 Å². The maximum absolute atomic E-state index is 13.1. The minimum atomic E-state index is -0.499. The number of carbonyl (C=O) groups is 2. The summed E-state index contributed by atoms with van der Waals surface area (Å²) in [5.74, 6) is -0.559. The average Bonchev–Trinajstić information content (AvgIpc) is 3.10. The number of nitrogens with zero attached hydrogens (tertiary/aromatic N) is 4. The molecular weight excluding hydrogens is 495 g/mol. The molecule has 0 saturated carbocycles. The number of rotatable bonds is 5. The Kier molecular flexibility index (Phi) is 6.77. The summed E-state index contributed by atoms with van der Waals surface area (Å²) in [6.45, 7) is 1.75. The number of hydrogen-bond donors (Lipinski definition) is 2. The zero-order valence-electron chi connectivity index (χ0n) is 16.2. The smallest absolute Gasteiger partial charge is 0.274 e. The Morgan fingerprint density at radius 2 is 1.97 bits per heavy atom. The Balaban J connectivity index is 2.04. The van der Waals surface area contributed by atoms with Crippen molar-refractivity contribution >= 4 is 56.6 Å². The van der Waals surface area contributed by atoms with Gasteiger partial charge in [0.1, 0.15) is 10.3 Å². The van der Waals surface area contributed by atoms with Gasteiger partial charge in [-0.25, -0.2) is 15.1 Å². The topological polar surface area (TPSA) is 92.2 Å². The van der Waals surface area contributed by atoms with E-state index >= 15 is 0 Å². The van der Waals surface area contributed by atoms with Crippen LogP contribution in [0.25, 0.3) is 5.82 Å². The molecule has 0 radical (unpaired) electrons. The summed E-state index contributed by atoms with van der Waals surface area (Å²) in [7, 11) is 3.18. The number of carbonyl (C=O) groups excluding carboxylic acids is 2. The Bertz CT molecular complexity index is 1130. The maximum atomic E-state index is 13.1. The molecule has 0 fully saturated rings. The van der Waals surface area contributed by atoms with Crippen LogP contribution in [0.5, 0.6) is 0 Å². The van der Waals surface area contributed by atoms with Crippen LogP contribution in [0.1, 0.15) is 26.4 Å². The van der Waals surface area contributed by atoms with Gasteiger partial charge in [-0.3, -0.25) is 14.6 Å². The molecule has 0 aliphatic rings. The second kappa shape index (κ2) is 9.13. The van der Waals surface area contributed by atoms with E-state index in [1.54, 1.807) is 45.4 Å². The first kappa shape index (κ1) is 22.2. The van der Waals surface area contributed by atoms with Gasteiger partial charge < -0.3 is 5.32 Å². The summed E-state index contributed by atoms with van der Waals surface area (Å²) >= 11 is 15.6. The van der Waals surface area contributed by atoms with Gasteiger partial charge in [-0.05, 0) is 52.7 Å². The number of hydrazine groups is 1. The van der Waals surface area contributed by atoms with Crippen LogP contribution in [0, 0.1) is 6.92 Å². The van der Waals surface area contributed by atoms with E-state index < -0.39 is 5.91 Å². The number of benzene rings is 1. The number of nitrogens with one attached hydrogen (secondary N) is 2. The fraction of sp³-hybridized carbons (Fsp3) is 0.158. The standard InChI is InChI=1S/C19H17BrCl2N6O2/c1-10-7-11(21)8-12(19(30)27(3)23-2)16(10)25-18(29)14-9-15(20)26-28(14)17-13(22)5-4-6-24-17/h4-9,23H,1-3H3,(H,25,29). The molecular formula is C19H17BrCl2N6O2. The lowest BCUT2D eigenvalue weighted by molar-refractivity contribution is 0.0736. The fourth-order valence-electron chi connectivity index (χ4n) is 2.75. The molecule has 0 unspecified atom stereocenters. The largest absolute Gasteiger partial charge is 0.320 e. The molecule has 8 nitrogen and oxygen atoms in total. The van der Waals surface area contributed by atoms with Gasteiger partial charge >= 0.3 is 0 Å². The Morgan fingerprint density at radius 3 is 2.63 bits per heavy atom. The zero-order chi connectivity index (χ0) is 22.0. The van der Waals surface area contributed by atoms with Crippen molar-refractivity contribution in [2.45, 2.75) is 6.92 Å². The van der Waals surface area contributed by atoms with Gasteiger partial charge in [-0.15, -0.1) is 0 Å². The van der Waals surface area contributed by atoms with Crippen LogP contribution in [0.3, 0.4) is 0 Å². The van der Waals surface area contributed by atoms with E-state index in [9.17, 15) is 9.59 Å². The summed E-state index contributed by atoms with van der Waals surface area (Å²) in [6, 6.07) is 8.03. The number of aromatic nitrogens is 3. The normalized spacial score (nSPS) is 10.7.